The monoisotopic (exact) mass is 520 g/mol. The van der Waals surface area contributed by atoms with Crippen LogP contribution in [-0.4, -0.2) is 9.55 Å². The van der Waals surface area contributed by atoms with Crippen LogP contribution in [0.5, 0.6) is 0 Å². The van der Waals surface area contributed by atoms with Crippen molar-refractivity contribution in [1.29, 1.82) is 0 Å². The predicted octanol–water partition coefficient (Wildman–Crippen LogP) is 10.5. The van der Waals surface area contributed by atoms with Gasteiger partial charge in [-0.15, -0.1) is 0 Å². The highest BCUT2D eigenvalue weighted by Gasteiger charge is 2.16. The molecule has 0 unspecified atom stereocenters. The lowest BCUT2D eigenvalue weighted by molar-refractivity contribution is 1.20. The predicted molar refractivity (Wildman–Crippen MR) is 174 cm³/mol. The van der Waals surface area contributed by atoms with Gasteiger partial charge in [-0.3, -0.25) is 4.98 Å². The maximum absolute atomic E-state index is 4.82. The minimum atomic E-state index is 1.03. The Bertz CT molecular complexity index is 2480. The minimum absolute atomic E-state index is 1.03. The molecular weight excluding hydrogens is 496 g/mol. The first-order valence-corrected chi connectivity index (χ1v) is 14.1. The summed E-state index contributed by atoms with van der Waals surface area (Å²) < 4.78 is 2.41. The first-order valence-electron chi connectivity index (χ1n) is 14.1. The second-order valence-electron chi connectivity index (χ2n) is 10.8. The van der Waals surface area contributed by atoms with Crippen LogP contribution in [0.3, 0.4) is 0 Å². The lowest BCUT2D eigenvalue weighted by atomic mass is 9.96. The van der Waals surface area contributed by atoms with Gasteiger partial charge < -0.3 is 4.57 Å². The number of nitrogens with zero attached hydrogens (tertiary/aromatic N) is 2. The topological polar surface area (TPSA) is 17.8 Å². The molecule has 7 aromatic carbocycles. The Balaban J connectivity index is 1.30. The summed E-state index contributed by atoms with van der Waals surface area (Å²) in [7, 11) is 0. The molecule has 0 aliphatic rings. The first kappa shape index (κ1) is 22.4. The Labute approximate surface area is 236 Å². The molecule has 2 aromatic heterocycles. The molecule has 0 aliphatic heterocycles. The zero-order chi connectivity index (χ0) is 26.9. The van der Waals surface area contributed by atoms with Crippen LogP contribution in [-0.2, 0) is 0 Å². The van der Waals surface area contributed by atoms with E-state index in [4.69, 9.17) is 4.98 Å². The molecule has 0 saturated carbocycles. The number of pyridine rings is 1. The second-order valence-corrected chi connectivity index (χ2v) is 10.8. The van der Waals surface area contributed by atoms with Gasteiger partial charge in [0.05, 0.1) is 22.2 Å². The van der Waals surface area contributed by atoms with E-state index in [1.165, 1.54) is 65.3 Å². The number of fused-ring (bicyclic) bond motifs is 9. The van der Waals surface area contributed by atoms with E-state index in [2.05, 4.69) is 138 Å². The van der Waals surface area contributed by atoms with Gasteiger partial charge in [-0.05, 0) is 74.5 Å². The molecule has 0 N–H and O–H groups in total. The molecule has 41 heavy (non-hydrogen) atoms. The molecule has 0 spiro atoms. The zero-order valence-corrected chi connectivity index (χ0v) is 22.3. The number of hydrogen-bond donors (Lipinski definition) is 0. The summed E-state index contributed by atoms with van der Waals surface area (Å²) in [5, 5.41) is 11.2. The van der Waals surface area contributed by atoms with Crippen molar-refractivity contribution in [3.05, 3.63) is 146 Å². The summed E-state index contributed by atoms with van der Waals surface area (Å²) in [5.41, 5.74) is 7.04. The zero-order valence-electron chi connectivity index (χ0n) is 22.3. The maximum atomic E-state index is 4.82. The summed E-state index contributed by atoms with van der Waals surface area (Å²) in [6.07, 6.45) is 1.89. The third kappa shape index (κ3) is 3.28. The summed E-state index contributed by atoms with van der Waals surface area (Å²) >= 11 is 0. The van der Waals surface area contributed by atoms with Crippen molar-refractivity contribution in [2.75, 3.05) is 0 Å². The van der Waals surface area contributed by atoms with Crippen molar-refractivity contribution in [2.45, 2.75) is 0 Å². The van der Waals surface area contributed by atoms with Gasteiger partial charge in [0.25, 0.3) is 0 Å². The van der Waals surface area contributed by atoms with Crippen molar-refractivity contribution in [3.8, 4) is 16.8 Å². The van der Waals surface area contributed by atoms with Gasteiger partial charge in [0.1, 0.15) is 0 Å². The molecular formula is C39H24N2. The third-order valence-electron chi connectivity index (χ3n) is 8.58. The average molecular weight is 521 g/mol. The van der Waals surface area contributed by atoms with E-state index in [0.29, 0.717) is 0 Å². The standard InChI is InChI=1S/C39H24N2/c1-2-10-31-25(7-1)14-17-30-23-28(18-20-32(30)31)29-19-21-36-34(24-29)33-11-3-4-12-35(33)41(36)37-13-5-8-26-15-16-27-9-6-22-40-39(27)38(26)37/h1-24H. The first-order chi connectivity index (χ1) is 20.3. The van der Waals surface area contributed by atoms with E-state index in [9.17, 15) is 0 Å². The van der Waals surface area contributed by atoms with Crippen molar-refractivity contribution >= 4 is 65.0 Å². The molecule has 9 rings (SSSR count). The van der Waals surface area contributed by atoms with E-state index in [0.717, 1.165) is 16.6 Å². The molecule has 2 heterocycles. The highest BCUT2D eigenvalue weighted by atomic mass is 15.0. The summed E-state index contributed by atoms with van der Waals surface area (Å²) in [6, 6.07) is 50.7. The Hall–Kier alpha value is -5.47. The summed E-state index contributed by atoms with van der Waals surface area (Å²) in [4.78, 5) is 4.82. The lowest BCUT2D eigenvalue weighted by Gasteiger charge is -2.13. The van der Waals surface area contributed by atoms with E-state index >= 15 is 0 Å². The Morgan fingerprint density at radius 2 is 1.10 bits per heavy atom. The number of aromatic nitrogens is 2. The van der Waals surface area contributed by atoms with E-state index in [1.54, 1.807) is 0 Å². The summed E-state index contributed by atoms with van der Waals surface area (Å²) in [6.45, 7) is 0. The van der Waals surface area contributed by atoms with Crippen LogP contribution >= 0.6 is 0 Å². The fourth-order valence-corrected chi connectivity index (χ4v) is 6.69. The Morgan fingerprint density at radius 1 is 0.415 bits per heavy atom. The molecule has 0 aliphatic carbocycles. The van der Waals surface area contributed by atoms with Gasteiger partial charge in [-0.1, -0.05) is 103 Å². The van der Waals surface area contributed by atoms with Crippen LogP contribution in [0.15, 0.2) is 146 Å². The smallest absolute Gasteiger partial charge is 0.0801 e. The molecule has 0 atom stereocenters. The van der Waals surface area contributed by atoms with Crippen molar-refractivity contribution in [2.24, 2.45) is 0 Å². The van der Waals surface area contributed by atoms with Crippen molar-refractivity contribution < 1.29 is 0 Å². The molecule has 0 bridgehead atoms. The quantitative estimate of drug-likeness (QED) is 0.207. The number of para-hydroxylation sites is 1. The molecule has 190 valence electrons. The molecule has 0 saturated heterocycles. The van der Waals surface area contributed by atoms with Crippen LogP contribution in [0.1, 0.15) is 0 Å². The summed E-state index contributed by atoms with van der Waals surface area (Å²) in [5.74, 6) is 0. The van der Waals surface area contributed by atoms with Gasteiger partial charge in [0.2, 0.25) is 0 Å². The van der Waals surface area contributed by atoms with Gasteiger partial charge in [0.15, 0.2) is 0 Å². The van der Waals surface area contributed by atoms with Crippen LogP contribution in [0.2, 0.25) is 0 Å². The fourth-order valence-electron chi connectivity index (χ4n) is 6.69. The van der Waals surface area contributed by atoms with Crippen LogP contribution in [0, 0.1) is 0 Å². The third-order valence-corrected chi connectivity index (χ3v) is 8.58. The van der Waals surface area contributed by atoms with Gasteiger partial charge in [0, 0.05) is 27.7 Å². The Morgan fingerprint density at radius 3 is 2.07 bits per heavy atom. The number of hydrogen-bond acceptors (Lipinski definition) is 1. The average Bonchev–Trinajstić information content (AvgIpc) is 3.37. The highest BCUT2D eigenvalue weighted by molar-refractivity contribution is 6.15. The van der Waals surface area contributed by atoms with E-state index in [1.807, 2.05) is 12.3 Å². The molecule has 2 nitrogen and oxygen atoms in total. The van der Waals surface area contributed by atoms with Gasteiger partial charge >= 0.3 is 0 Å². The van der Waals surface area contributed by atoms with Crippen LogP contribution in [0.4, 0.5) is 0 Å². The maximum Gasteiger partial charge on any atom is 0.0801 e. The molecule has 9 aromatic rings. The minimum Gasteiger partial charge on any atom is -0.309 e. The molecule has 0 amide bonds. The van der Waals surface area contributed by atoms with E-state index < -0.39 is 0 Å². The Kier molecular flexibility index (Phi) is 4.64. The molecule has 0 fully saturated rings. The van der Waals surface area contributed by atoms with Crippen molar-refractivity contribution in [3.63, 3.8) is 0 Å². The van der Waals surface area contributed by atoms with Gasteiger partial charge in [-0.25, -0.2) is 0 Å². The number of rotatable bonds is 2. The number of benzene rings is 7. The fraction of sp³-hybridized carbons (Fsp3) is 0. The molecule has 2 heteroatoms. The van der Waals surface area contributed by atoms with Crippen LogP contribution < -0.4 is 0 Å². The van der Waals surface area contributed by atoms with Gasteiger partial charge in [-0.2, -0.15) is 0 Å². The second kappa shape index (κ2) is 8.51. The largest absolute Gasteiger partial charge is 0.309 e. The van der Waals surface area contributed by atoms with Crippen molar-refractivity contribution in [1.82, 2.24) is 9.55 Å². The highest BCUT2D eigenvalue weighted by Crippen LogP contribution is 2.39. The molecule has 0 radical (unpaired) electrons. The normalized spacial score (nSPS) is 11.9. The lowest BCUT2D eigenvalue weighted by Crippen LogP contribution is -1.96. The van der Waals surface area contributed by atoms with E-state index in [-0.39, 0.29) is 0 Å². The SMILES string of the molecule is c1ccc2c(c1)ccc1cc(-c3ccc4c(c3)c3ccccc3n4-c3cccc4ccc5cccnc5c34)ccc12. The van der Waals surface area contributed by atoms with Crippen LogP contribution in [0.25, 0.3) is 81.8 Å².